The molecular weight excluding hydrogens is 284 g/mol. The fourth-order valence-corrected chi connectivity index (χ4v) is 2.61. The lowest BCUT2D eigenvalue weighted by Gasteiger charge is -2.11. The van der Waals surface area contributed by atoms with Crippen molar-refractivity contribution in [2.24, 2.45) is 0 Å². The number of benzene rings is 1. The monoisotopic (exact) mass is 312 g/mol. The molecule has 0 bridgehead atoms. The summed E-state index contributed by atoms with van der Waals surface area (Å²) in [5, 5.41) is 3.45. The van der Waals surface area contributed by atoms with E-state index >= 15 is 0 Å². The molecule has 4 heteroatoms. The van der Waals surface area contributed by atoms with Crippen molar-refractivity contribution < 1.29 is 4.74 Å². The Balaban J connectivity index is 0.00000220. The molecule has 1 aliphatic rings. The Labute approximate surface area is 135 Å². The van der Waals surface area contributed by atoms with Crippen LogP contribution in [0.25, 0.3) is 0 Å². The fraction of sp³-hybridized carbons (Fsp3) is 0.647. The van der Waals surface area contributed by atoms with E-state index in [-0.39, 0.29) is 12.4 Å². The Hall–Kier alpha value is -0.770. The van der Waals surface area contributed by atoms with Gasteiger partial charge in [-0.2, -0.15) is 0 Å². The van der Waals surface area contributed by atoms with Crippen molar-refractivity contribution in [1.82, 2.24) is 10.2 Å². The second kappa shape index (κ2) is 10.0. The van der Waals surface area contributed by atoms with Crippen molar-refractivity contribution in [1.29, 1.82) is 0 Å². The molecule has 0 spiro atoms. The molecule has 1 N–H and O–H groups in total. The molecule has 0 aliphatic heterocycles. The largest absolute Gasteiger partial charge is 0.494 e. The van der Waals surface area contributed by atoms with Gasteiger partial charge in [-0.05, 0) is 76.0 Å². The van der Waals surface area contributed by atoms with E-state index in [1.54, 1.807) is 0 Å². The summed E-state index contributed by atoms with van der Waals surface area (Å²) in [5.41, 5.74) is 3.01. The molecule has 2 rings (SSSR count). The second-order valence-electron chi connectivity index (χ2n) is 5.89. The zero-order chi connectivity index (χ0) is 14.2. The van der Waals surface area contributed by atoms with Gasteiger partial charge in [0, 0.05) is 13.1 Å². The van der Waals surface area contributed by atoms with Crippen LogP contribution < -0.4 is 10.1 Å². The van der Waals surface area contributed by atoms with Crippen LogP contribution in [0.5, 0.6) is 5.75 Å². The molecule has 0 saturated heterocycles. The number of nitrogens with zero attached hydrogens (tertiary/aromatic N) is 1. The van der Waals surface area contributed by atoms with Crippen molar-refractivity contribution in [2.45, 2.75) is 32.1 Å². The molecule has 1 aliphatic carbocycles. The first kappa shape index (κ1) is 18.3. The van der Waals surface area contributed by atoms with E-state index < -0.39 is 0 Å². The topological polar surface area (TPSA) is 24.5 Å². The Morgan fingerprint density at radius 1 is 1.10 bits per heavy atom. The molecule has 21 heavy (non-hydrogen) atoms. The molecule has 3 nitrogen and oxygen atoms in total. The first-order chi connectivity index (χ1) is 9.75. The van der Waals surface area contributed by atoms with Gasteiger partial charge in [0.25, 0.3) is 0 Å². The third-order valence-corrected chi connectivity index (χ3v) is 3.82. The van der Waals surface area contributed by atoms with E-state index in [4.69, 9.17) is 4.74 Å². The lowest BCUT2D eigenvalue weighted by atomic mass is 10.1. The number of ether oxygens (including phenoxy) is 1. The standard InChI is InChI=1S/C17H28N2O.ClH/c1-19(2)12-11-18-10-3-4-13-20-17-9-8-15-6-5-7-16(15)14-17;/h8-9,14,18H,3-7,10-13H2,1-2H3;1H. The summed E-state index contributed by atoms with van der Waals surface area (Å²) in [4.78, 5) is 2.20. The van der Waals surface area contributed by atoms with Crippen LogP contribution in [0.1, 0.15) is 30.4 Å². The smallest absolute Gasteiger partial charge is 0.119 e. The zero-order valence-corrected chi connectivity index (χ0v) is 14.2. The normalized spacial score (nSPS) is 13.1. The third-order valence-electron chi connectivity index (χ3n) is 3.82. The number of fused-ring (bicyclic) bond motifs is 1. The van der Waals surface area contributed by atoms with Crippen molar-refractivity contribution >= 4 is 12.4 Å². The molecule has 0 radical (unpaired) electrons. The van der Waals surface area contributed by atoms with E-state index in [1.165, 1.54) is 36.8 Å². The Bertz CT molecular complexity index is 410. The number of aryl methyl sites for hydroxylation is 2. The summed E-state index contributed by atoms with van der Waals surface area (Å²) in [5.74, 6) is 1.05. The van der Waals surface area contributed by atoms with Crippen LogP contribution in [0.15, 0.2) is 18.2 Å². The highest BCUT2D eigenvalue weighted by molar-refractivity contribution is 5.85. The maximum Gasteiger partial charge on any atom is 0.119 e. The summed E-state index contributed by atoms with van der Waals surface area (Å²) < 4.78 is 5.84. The van der Waals surface area contributed by atoms with Crippen LogP contribution >= 0.6 is 12.4 Å². The highest BCUT2D eigenvalue weighted by Crippen LogP contribution is 2.26. The van der Waals surface area contributed by atoms with E-state index in [0.29, 0.717) is 0 Å². The van der Waals surface area contributed by atoms with Crippen LogP contribution in [0.3, 0.4) is 0 Å². The quantitative estimate of drug-likeness (QED) is 0.710. The third kappa shape index (κ3) is 6.68. The lowest BCUT2D eigenvalue weighted by Crippen LogP contribution is -2.27. The maximum atomic E-state index is 5.84. The summed E-state index contributed by atoms with van der Waals surface area (Å²) in [6, 6.07) is 6.59. The number of likely N-dealkylation sites (N-methyl/N-ethyl adjacent to an activating group) is 1. The molecule has 0 saturated carbocycles. The lowest BCUT2D eigenvalue weighted by molar-refractivity contribution is 0.304. The van der Waals surface area contributed by atoms with Gasteiger partial charge in [0.2, 0.25) is 0 Å². The molecule has 0 amide bonds. The Morgan fingerprint density at radius 3 is 2.71 bits per heavy atom. The molecule has 1 aromatic carbocycles. The molecule has 1 aromatic rings. The van der Waals surface area contributed by atoms with Gasteiger partial charge < -0.3 is 15.0 Å². The minimum absolute atomic E-state index is 0. The molecule has 0 aromatic heterocycles. The van der Waals surface area contributed by atoms with Gasteiger partial charge >= 0.3 is 0 Å². The average molecular weight is 313 g/mol. The first-order valence-corrected chi connectivity index (χ1v) is 7.86. The molecule has 0 unspecified atom stereocenters. The number of rotatable bonds is 9. The van der Waals surface area contributed by atoms with Gasteiger partial charge in [0.15, 0.2) is 0 Å². The van der Waals surface area contributed by atoms with Crippen LogP contribution in [0.2, 0.25) is 0 Å². The van der Waals surface area contributed by atoms with Crippen LogP contribution in [-0.2, 0) is 12.8 Å². The van der Waals surface area contributed by atoms with Gasteiger partial charge in [0.05, 0.1) is 6.61 Å². The van der Waals surface area contributed by atoms with Gasteiger partial charge in [0.1, 0.15) is 5.75 Å². The summed E-state index contributed by atoms with van der Waals surface area (Å²) >= 11 is 0. The second-order valence-corrected chi connectivity index (χ2v) is 5.89. The molecular formula is C17H29ClN2O. The summed E-state index contributed by atoms with van der Waals surface area (Å²) in [6.45, 7) is 4.08. The predicted molar refractivity (Wildman–Crippen MR) is 91.9 cm³/mol. The van der Waals surface area contributed by atoms with Gasteiger partial charge in [-0.1, -0.05) is 6.07 Å². The highest BCUT2D eigenvalue weighted by Gasteiger charge is 2.10. The summed E-state index contributed by atoms with van der Waals surface area (Å²) in [6.07, 6.45) is 6.07. The minimum Gasteiger partial charge on any atom is -0.494 e. The number of nitrogens with one attached hydrogen (secondary N) is 1. The summed E-state index contributed by atoms with van der Waals surface area (Å²) in [7, 11) is 4.21. The van der Waals surface area contributed by atoms with Crippen molar-refractivity contribution in [2.75, 3.05) is 40.3 Å². The molecule has 0 fully saturated rings. The van der Waals surface area contributed by atoms with Crippen LogP contribution in [0, 0.1) is 0 Å². The Kier molecular flexibility index (Phi) is 8.74. The zero-order valence-electron chi connectivity index (χ0n) is 13.4. The number of hydrogen-bond acceptors (Lipinski definition) is 3. The van der Waals surface area contributed by atoms with Gasteiger partial charge in [-0.15, -0.1) is 12.4 Å². The minimum atomic E-state index is 0. The average Bonchev–Trinajstić information content (AvgIpc) is 2.89. The van der Waals surface area contributed by atoms with Crippen molar-refractivity contribution in [3.05, 3.63) is 29.3 Å². The van der Waals surface area contributed by atoms with Crippen LogP contribution in [-0.4, -0.2) is 45.2 Å². The van der Waals surface area contributed by atoms with Gasteiger partial charge in [-0.25, -0.2) is 0 Å². The van der Waals surface area contributed by atoms with E-state index in [1.807, 2.05) is 0 Å². The fourth-order valence-electron chi connectivity index (χ4n) is 2.61. The Morgan fingerprint density at radius 2 is 1.90 bits per heavy atom. The maximum absolute atomic E-state index is 5.84. The SMILES string of the molecule is CN(C)CCNCCCCOc1ccc2c(c1)CCC2.Cl. The predicted octanol–water partition coefficient (Wildman–Crippen LogP) is 2.91. The van der Waals surface area contributed by atoms with E-state index in [9.17, 15) is 0 Å². The molecule has 0 heterocycles. The van der Waals surface area contributed by atoms with Crippen molar-refractivity contribution in [3.8, 4) is 5.75 Å². The number of halogens is 1. The van der Waals surface area contributed by atoms with Crippen LogP contribution in [0.4, 0.5) is 0 Å². The number of hydrogen-bond donors (Lipinski definition) is 1. The van der Waals surface area contributed by atoms with E-state index in [0.717, 1.165) is 38.4 Å². The first-order valence-electron chi connectivity index (χ1n) is 7.86. The molecule has 0 atom stereocenters. The highest BCUT2D eigenvalue weighted by atomic mass is 35.5. The molecule has 120 valence electrons. The van der Waals surface area contributed by atoms with Gasteiger partial charge in [-0.3, -0.25) is 0 Å². The number of unbranched alkanes of at least 4 members (excludes halogenated alkanes) is 1. The van der Waals surface area contributed by atoms with E-state index in [2.05, 4.69) is 42.5 Å². The van der Waals surface area contributed by atoms with Crippen molar-refractivity contribution in [3.63, 3.8) is 0 Å².